The Bertz CT molecular complexity index is 910. The van der Waals surface area contributed by atoms with Crippen LogP contribution >= 0.6 is 11.6 Å². The molecule has 0 unspecified atom stereocenters. The van der Waals surface area contributed by atoms with Crippen molar-refractivity contribution in [3.63, 3.8) is 0 Å². The Morgan fingerprint density at radius 1 is 1.22 bits per heavy atom. The number of hydrogen-bond acceptors (Lipinski definition) is 4. The van der Waals surface area contributed by atoms with Gasteiger partial charge in [0.25, 0.3) is 0 Å². The van der Waals surface area contributed by atoms with Crippen LogP contribution in [0.5, 0.6) is 0 Å². The topological polar surface area (TPSA) is 71.8 Å². The third kappa shape index (κ3) is 2.96. The lowest BCUT2D eigenvalue weighted by Gasteiger charge is -2.44. The number of furan rings is 1. The molecule has 1 saturated carbocycles. The van der Waals surface area contributed by atoms with Crippen LogP contribution in [0.15, 0.2) is 28.7 Å². The minimum atomic E-state index is -0.367. The van der Waals surface area contributed by atoms with E-state index in [0.717, 1.165) is 42.7 Å². The van der Waals surface area contributed by atoms with Crippen LogP contribution in [0.25, 0.3) is 11.0 Å². The lowest BCUT2D eigenvalue weighted by atomic mass is 9.68. The van der Waals surface area contributed by atoms with Gasteiger partial charge < -0.3 is 19.4 Å². The van der Waals surface area contributed by atoms with Gasteiger partial charge in [0.15, 0.2) is 0 Å². The van der Waals surface area contributed by atoms with Crippen molar-refractivity contribution >= 4 is 34.6 Å². The van der Waals surface area contributed by atoms with E-state index in [9.17, 15) is 9.59 Å². The summed E-state index contributed by atoms with van der Waals surface area (Å²) in [6.45, 7) is 1.87. The normalized spacial score (nSPS) is 28.3. The molecule has 0 radical (unpaired) electrons. The molecule has 1 N–H and O–H groups in total. The van der Waals surface area contributed by atoms with E-state index < -0.39 is 0 Å². The second-order valence-corrected chi connectivity index (χ2v) is 8.45. The van der Waals surface area contributed by atoms with Gasteiger partial charge in [0.1, 0.15) is 18.0 Å². The minimum absolute atomic E-state index is 0.00288. The summed E-state index contributed by atoms with van der Waals surface area (Å²) in [6, 6.07) is 7.72. The largest absolute Gasteiger partial charge is 0.461 e. The van der Waals surface area contributed by atoms with Crippen LogP contribution in [0.2, 0.25) is 5.02 Å². The van der Waals surface area contributed by atoms with Gasteiger partial charge in [-0.1, -0.05) is 11.6 Å². The number of likely N-dealkylation sites (tertiary alicyclic amines) is 1. The molecule has 142 valence electrons. The minimum Gasteiger partial charge on any atom is -0.461 e. The molecule has 2 aliphatic heterocycles. The Morgan fingerprint density at radius 3 is 2.70 bits per heavy atom. The fourth-order valence-corrected chi connectivity index (χ4v) is 4.83. The first-order valence-electron chi connectivity index (χ1n) is 9.44. The van der Waals surface area contributed by atoms with Crippen LogP contribution in [0.4, 0.5) is 4.79 Å². The number of cyclic esters (lactones) is 1. The molecule has 5 rings (SSSR count). The molecule has 3 aliphatic rings. The van der Waals surface area contributed by atoms with Crippen molar-refractivity contribution in [2.45, 2.75) is 37.1 Å². The molecular weight excluding hydrogens is 368 g/mol. The first-order chi connectivity index (χ1) is 13.0. The second-order valence-electron chi connectivity index (χ2n) is 8.02. The van der Waals surface area contributed by atoms with Crippen LogP contribution in [-0.2, 0) is 9.53 Å². The fourth-order valence-electron chi connectivity index (χ4n) is 4.65. The summed E-state index contributed by atoms with van der Waals surface area (Å²) in [5, 5.41) is 4.58. The Balaban J connectivity index is 1.19. The molecule has 27 heavy (non-hydrogen) atoms. The summed E-state index contributed by atoms with van der Waals surface area (Å²) in [4.78, 5) is 26.0. The van der Waals surface area contributed by atoms with Gasteiger partial charge in [-0.15, -0.1) is 0 Å². The molecule has 6 nitrogen and oxygen atoms in total. The van der Waals surface area contributed by atoms with Crippen LogP contribution in [-0.4, -0.2) is 42.1 Å². The molecule has 1 aromatic carbocycles. The summed E-state index contributed by atoms with van der Waals surface area (Å²) in [6.07, 6.45) is 2.80. The highest BCUT2D eigenvalue weighted by Crippen LogP contribution is 2.42. The average molecular weight is 389 g/mol. The number of fused-ring (bicyclic) bond motifs is 1. The third-order valence-corrected chi connectivity index (χ3v) is 6.41. The molecule has 1 spiro atoms. The third-order valence-electron chi connectivity index (χ3n) is 6.18. The molecule has 1 aliphatic carbocycles. The van der Waals surface area contributed by atoms with E-state index in [1.165, 1.54) is 0 Å². The van der Waals surface area contributed by atoms with Crippen LogP contribution < -0.4 is 5.32 Å². The van der Waals surface area contributed by atoms with Crippen molar-refractivity contribution in [2.24, 2.45) is 5.92 Å². The SMILES string of the molecule is O=C1NC2(CO1)CC(C(=O)N1CCC(c3cc4cc(Cl)ccc4o3)CC1)C2. The van der Waals surface area contributed by atoms with Gasteiger partial charge in [-0.25, -0.2) is 4.79 Å². The number of alkyl carbamates (subject to hydrolysis) is 1. The molecule has 3 heterocycles. The fraction of sp³-hybridized carbons (Fsp3) is 0.500. The van der Waals surface area contributed by atoms with Crippen molar-refractivity contribution < 1.29 is 18.7 Å². The highest BCUT2D eigenvalue weighted by molar-refractivity contribution is 6.31. The number of carbonyl (C=O) groups is 2. The van der Waals surface area contributed by atoms with E-state index in [1.54, 1.807) is 0 Å². The molecule has 2 aromatic rings. The van der Waals surface area contributed by atoms with Crippen molar-refractivity contribution in [1.29, 1.82) is 0 Å². The molecule has 7 heteroatoms. The summed E-state index contributed by atoms with van der Waals surface area (Å²) >= 11 is 6.05. The van der Waals surface area contributed by atoms with Gasteiger partial charge in [0.2, 0.25) is 5.91 Å². The Labute approximate surface area is 161 Å². The van der Waals surface area contributed by atoms with E-state index in [1.807, 2.05) is 23.1 Å². The van der Waals surface area contributed by atoms with Gasteiger partial charge in [-0.2, -0.15) is 0 Å². The number of halogens is 1. The van der Waals surface area contributed by atoms with Gasteiger partial charge in [0, 0.05) is 35.3 Å². The van der Waals surface area contributed by atoms with Gasteiger partial charge in [0.05, 0.1) is 5.54 Å². The number of carbonyl (C=O) groups excluding carboxylic acids is 2. The van der Waals surface area contributed by atoms with Gasteiger partial charge in [-0.3, -0.25) is 4.79 Å². The van der Waals surface area contributed by atoms with Crippen LogP contribution in [0.3, 0.4) is 0 Å². The average Bonchev–Trinajstić information content (AvgIpc) is 3.23. The number of rotatable bonds is 2. The maximum Gasteiger partial charge on any atom is 0.407 e. The molecule has 2 saturated heterocycles. The van der Waals surface area contributed by atoms with E-state index in [4.69, 9.17) is 20.8 Å². The predicted octanol–water partition coefficient (Wildman–Crippen LogP) is 3.68. The Kier molecular flexibility index (Phi) is 3.86. The second kappa shape index (κ2) is 6.16. The monoisotopic (exact) mass is 388 g/mol. The molecule has 1 aromatic heterocycles. The number of nitrogens with zero attached hydrogens (tertiary/aromatic N) is 1. The molecule has 0 bridgehead atoms. The van der Waals surface area contributed by atoms with Crippen molar-refractivity contribution in [3.8, 4) is 0 Å². The summed E-state index contributed by atoms with van der Waals surface area (Å²) < 4.78 is 11.0. The van der Waals surface area contributed by atoms with E-state index >= 15 is 0 Å². The molecular formula is C20H21ClN2O4. The number of nitrogens with one attached hydrogen (secondary N) is 1. The number of amides is 2. The van der Waals surface area contributed by atoms with Crippen LogP contribution in [0.1, 0.15) is 37.4 Å². The number of ether oxygens (including phenoxy) is 1. The molecule has 3 fully saturated rings. The highest BCUT2D eigenvalue weighted by atomic mass is 35.5. The molecule has 2 amide bonds. The van der Waals surface area contributed by atoms with Gasteiger partial charge >= 0.3 is 6.09 Å². The van der Waals surface area contributed by atoms with Crippen molar-refractivity contribution in [2.75, 3.05) is 19.7 Å². The highest BCUT2D eigenvalue weighted by Gasteiger charge is 2.53. The smallest absolute Gasteiger partial charge is 0.407 e. The van der Waals surface area contributed by atoms with E-state index in [0.29, 0.717) is 30.4 Å². The summed E-state index contributed by atoms with van der Waals surface area (Å²) in [5.74, 6) is 1.51. The predicted molar refractivity (Wildman–Crippen MR) is 99.7 cm³/mol. The quantitative estimate of drug-likeness (QED) is 0.851. The zero-order valence-corrected chi connectivity index (χ0v) is 15.6. The summed E-state index contributed by atoms with van der Waals surface area (Å²) in [7, 11) is 0. The van der Waals surface area contributed by atoms with Crippen molar-refractivity contribution in [1.82, 2.24) is 10.2 Å². The number of hydrogen-bond donors (Lipinski definition) is 1. The lowest BCUT2D eigenvalue weighted by molar-refractivity contribution is -0.142. The van der Waals surface area contributed by atoms with Crippen molar-refractivity contribution in [3.05, 3.63) is 35.0 Å². The van der Waals surface area contributed by atoms with Gasteiger partial charge in [-0.05, 0) is 49.9 Å². The van der Waals surface area contributed by atoms with Crippen LogP contribution in [0, 0.1) is 5.92 Å². The van der Waals surface area contributed by atoms with E-state index in [-0.39, 0.29) is 23.5 Å². The van der Waals surface area contributed by atoms with E-state index in [2.05, 4.69) is 11.4 Å². The zero-order valence-electron chi connectivity index (χ0n) is 14.9. The summed E-state index contributed by atoms with van der Waals surface area (Å²) in [5.41, 5.74) is 0.555. The maximum absolute atomic E-state index is 12.8. The first kappa shape index (κ1) is 16.9. The lowest BCUT2D eigenvalue weighted by Crippen LogP contribution is -2.58. The maximum atomic E-state index is 12.8. The zero-order chi connectivity index (χ0) is 18.6. The Hall–Kier alpha value is -2.21. The standard InChI is InChI=1S/C20H21ClN2O4/c21-15-1-2-16-13(7-15)8-17(27-16)12-3-5-23(6-4-12)18(24)14-9-20(10-14)11-26-19(25)22-20/h1-2,7-8,12,14H,3-6,9-11H2,(H,22,25). The Morgan fingerprint density at radius 2 is 2.00 bits per heavy atom. The number of benzene rings is 1. The molecule has 0 atom stereocenters. The number of piperidine rings is 1. The first-order valence-corrected chi connectivity index (χ1v) is 9.82.